The maximum absolute atomic E-state index is 6.77. The van der Waals surface area contributed by atoms with Gasteiger partial charge in [-0.05, 0) is 69.6 Å². The number of hydrogen-bond acceptors (Lipinski definition) is 0. The highest BCUT2D eigenvalue weighted by molar-refractivity contribution is 6.24. The molecule has 0 aromatic heterocycles. The van der Waals surface area contributed by atoms with Gasteiger partial charge in [-0.15, -0.1) is 23.2 Å². The van der Waals surface area contributed by atoms with E-state index in [1.807, 2.05) is 0 Å². The van der Waals surface area contributed by atoms with Crippen molar-refractivity contribution in [3.05, 3.63) is 0 Å². The molecule has 0 radical (unpaired) electrons. The van der Waals surface area contributed by atoms with Crippen molar-refractivity contribution in [2.75, 3.05) is 0 Å². The highest BCUT2D eigenvalue weighted by Gasteiger charge is 2.50. The Balaban J connectivity index is 2.22. The first kappa shape index (κ1) is 14.0. The van der Waals surface area contributed by atoms with Gasteiger partial charge in [0.2, 0.25) is 0 Å². The van der Waals surface area contributed by atoms with Gasteiger partial charge in [-0.1, -0.05) is 13.8 Å². The van der Waals surface area contributed by atoms with Gasteiger partial charge in [0.25, 0.3) is 0 Å². The molecule has 0 N–H and O–H groups in total. The molecule has 2 rings (SSSR count). The molecule has 2 saturated carbocycles. The average Bonchev–Trinajstić information content (AvgIpc) is 2.14. The summed E-state index contributed by atoms with van der Waals surface area (Å²) in [4.78, 5) is 0.0298. The van der Waals surface area contributed by atoms with Crippen LogP contribution in [-0.2, 0) is 0 Å². The van der Waals surface area contributed by atoms with Crippen molar-refractivity contribution >= 4 is 23.2 Å². The van der Waals surface area contributed by atoms with Crippen LogP contribution in [0.1, 0.15) is 59.8 Å². The first-order chi connectivity index (χ1) is 7.73. The summed E-state index contributed by atoms with van der Waals surface area (Å²) in [6.07, 6.45) is 5.96. The Hall–Kier alpha value is 0.580. The van der Waals surface area contributed by atoms with E-state index in [-0.39, 0.29) is 9.75 Å². The zero-order chi connectivity index (χ0) is 12.8. The van der Waals surface area contributed by atoms with Gasteiger partial charge in [0.05, 0.1) is 0 Å². The number of rotatable bonds is 1. The van der Waals surface area contributed by atoms with Crippen LogP contribution in [0.4, 0.5) is 0 Å². The van der Waals surface area contributed by atoms with Crippen molar-refractivity contribution in [1.82, 2.24) is 0 Å². The zero-order valence-corrected chi connectivity index (χ0v) is 13.1. The molecular formula is C15H26Cl2. The summed E-state index contributed by atoms with van der Waals surface area (Å²) in [5.41, 5.74) is 0. The van der Waals surface area contributed by atoms with Crippen molar-refractivity contribution in [1.29, 1.82) is 0 Å². The maximum Gasteiger partial charge on any atom is 0.0449 e. The number of hydrogen-bond donors (Lipinski definition) is 0. The van der Waals surface area contributed by atoms with Crippen LogP contribution in [0.3, 0.4) is 0 Å². The molecular weight excluding hydrogens is 251 g/mol. The molecule has 0 aromatic rings. The predicted molar refractivity (Wildman–Crippen MR) is 76.9 cm³/mol. The normalized spacial score (nSPS) is 51.4. The molecule has 0 heterocycles. The largest absolute Gasteiger partial charge is 0.120 e. The van der Waals surface area contributed by atoms with Crippen LogP contribution in [-0.4, -0.2) is 9.75 Å². The van der Waals surface area contributed by atoms with E-state index < -0.39 is 0 Å². The van der Waals surface area contributed by atoms with Crippen molar-refractivity contribution in [3.63, 3.8) is 0 Å². The molecule has 2 aliphatic rings. The lowest BCUT2D eigenvalue weighted by Crippen LogP contribution is -2.49. The lowest BCUT2D eigenvalue weighted by atomic mass is 9.57. The third kappa shape index (κ3) is 2.78. The van der Waals surface area contributed by atoms with E-state index in [1.54, 1.807) is 0 Å². The van der Waals surface area contributed by atoms with E-state index >= 15 is 0 Å². The average molecular weight is 277 g/mol. The van der Waals surface area contributed by atoms with E-state index in [1.165, 1.54) is 19.3 Å². The van der Waals surface area contributed by atoms with Crippen molar-refractivity contribution < 1.29 is 0 Å². The minimum Gasteiger partial charge on any atom is -0.120 e. The van der Waals surface area contributed by atoms with E-state index in [2.05, 4.69) is 27.7 Å². The molecule has 0 aromatic carbocycles. The Kier molecular flexibility index (Phi) is 3.79. The topological polar surface area (TPSA) is 0 Å². The van der Waals surface area contributed by atoms with Crippen LogP contribution in [0.5, 0.6) is 0 Å². The van der Waals surface area contributed by atoms with E-state index in [9.17, 15) is 0 Å². The third-order valence-corrected chi connectivity index (χ3v) is 6.11. The first-order valence-corrected chi connectivity index (χ1v) is 7.86. The Morgan fingerprint density at radius 1 is 1.06 bits per heavy atom. The summed E-state index contributed by atoms with van der Waals surface area (Å²) in [5.74, 6) is 3.01. The van der Waals surface area contributed by atoms with Gasteiger partial charge in [0.15, 0.2) is 0 Å². The third-order valence-electron chi connectivity index (χ3n) is 5.30. The number of alkyl halides is 2. The summed E-state index contributed by atoms with van der Waals surface area (Å²) in [6, 6.07) is 0. The number of fused-ring (bicyclic) bond motifs is 1. The molecule has 2 fully saturated rings. The summed E-state index contributed by atoms with van der Waals surface area (Å²) in [7, 11) is 0. The molecule has 0 saturated heterocycles. The highest BCUT2D eigenvalue weighted by atomic mass is 35.5. The van der Waals surface area contributed by atoms with Crippen molar-refractivity contribution in [2.45, 2.75) is 69.5 Å². The molecule has 2 heteroatoms. The second-order valence-corrected chi connectivity index (χ2v) is 8.93. The molecule has 2 aliphatic carbocycles. The van der Waals surface area contributed by atoms with Gasteiger partial charge in [-0.25, -0.2) is 0 Å². The molecule has 0 nitrogen and oxygen atoms in total. The summed E-state index contributed by atoms with van der Waals surface area (Å²) in [5, 5.41) is 0. The van der Waals surface area contributed by atoms with Gasteiger partial charge >= 0.3 is 0 Å². The molecule has 0 amide bonds. The summed E-state index contributed by atoms with van der Waals surface area (Å²) in [6.45, 7) is 9.18. The standard InChI is InChI=1S/C15H26Cl2/c1-10(2)11-5-8-15(4,17)13-6-7-14(3,16)9-12(11)13/h10-13H,5-9H2,1-4H3. The van der Waals surface area contributed by atoms with E-state index in [0.29, 0.717) is 5.92 Å². The zero-order valence-electron chi connectivity index (χ0n) is 11.6. The van der Waals surface area contributed by atoms with E-state index in [4.69, 9.17) is 23.2 Å². The fourth-order valence-electron chi connectivity index (χ4n) is 4.28. The quantitative estimate of drug-likeness (QED) is 0.558. The van der Waals surface area contributed by atoms with Crippen LogP contribution < -0.4 is 0 Å². The van der Waals surface area contributed by atoms with Crippen molar-refractivity contribution in [3.8, 4) is 0 Å². The van der Waals surface area contributed by atoms with Gasteiger partial charge in [-0.3, -0.25) is 0 Å². The van der Waals surface area contributed by atoms with Crippen LogP contribution in [0.2, 0.25) is 0 Å². The highest BCUT2D eigenvalue weighted by Crippen LogP contribution is 2.56. The molecule has 0 spiro atoms. The second kappa shape index (κ2) is 4.60. The van der Waals surface area contributed by atoms with Gasteiger partial charge < -0.3 is 0 Å². The van der Waals surface area contributed by atoms with Gasteiger partial charge in [0, 0.05) is 9.75 Å². The predicted octanol–water partition coefficient (Wildman–Crippen LogP) is 5.46. The molecule has 5 unspecified atom stereocenters. The summed E-state index contributed by atoms with van der Waals surface area (Å²) >= 11 is 13.4. The Bertz CT molecular complexity index is 281. The fourth-order valence-corrected chi connectivity index (χ4v) is 4.95. The first-order valence-electron chi connectivity index (χ1n) is 7.11. The van der Waals surface area contributed by atoms with Crippen LogP contribution in [0.15, 0.2) is 0 Å². The minimum atomic E-state index is 0.0125. The minimum absolute atomic E-state index is 0.0125. The SMILES string of the molecule is CC(C)C1CCC(C)(Cl)C2CCC(C)(Cl)CC12. The number of halogens is 2. The smallest absolute Gasteiger partial charge is 0.0449 e. The van der Waals surface area contributed by atoms with Crippen LogP contribution >= 0.6 is 23.2 Å². The molecule has 0 aliphatic heterocycles. The summed E-state index contributed by atoms with van der Waals surface area (Å²) < 4.78 is 0. The Morgan fingerprint density at radius 2 is 1.71 bits per heavy atom. The lowest BCUT2D eigenvalue weighted by molar-refractivity contribution is 0.0357. The second-order valence-electron chi connectivity index (χ2n) is 7.15. The van der Waals surface area contributed by atoms with Gasteiger partial charge in [-0.2, -0.15) is 0 Å². The molecule has 17 heavy (non-hydrogen) atoms. The lowest BCUT2D eigenvalue weighted by Gasteiger charge is -2.53. The maximum atomic E-state index is 6.77. The Morgan fingerprint density at radius 3 is 2.29 bits per heavy atom. The molecule has 0 bridgehead atoms. The van der Waals surface area contributed by atoms with Crippen LogP contribution in [0, 0.1) is 23.7 Å². The molecule has 5 atom stereocenters. The Labute approximate surface area is 116 Å². The monoisotopic (exact) mass is 276 g/mol. The van der Waals surface area contributed by atoms with Gasteiger partial charge in [0.1, 0.15) is 0 Å². The van der Waals surface area contributed by atoms with E-state index in [0.717, 1.165) is 30.6 Å². The van der Waals surface area contributed by atoms with Crippen LogP contribution in [0.25, 0.3) is 0 Å². The fraction of sp³-hybridized carbons (Fsp3) is 1.00. The molecule has 100 valence electrons. The van der Waals surface area contributed by atoms with Crippen molar-refractivity contribution in [2.24, 2.45) is 23.7 Å².